The zero-order chi connectivity index (χ0) is 17.9. The average molecular weight is 338 g/mol. The molecule has 0 aromatic heterocycles. The normalized spacial score (nSPS) is 12.0. The fraction of sp³-hybridized carbons (Fsp3) is 0.200. The van der Waals surface area contributed by atoms with Gasteiger partial charge in [0.15, 0.2) is 0 Å². The van der Waals surface area contributed by atoms with Crippen molar-refractivity contribution in [2.75, 3.05) is 6.61 Å². The summed E-state index contributed by atoms with van der Waals surface area (Å²) in [5.41, 5.74) is 7.35. The van der Waals surface area contributed by atoms with E-state index in [9.17, 15) is 9.59 Å². The highest BCUT2D eigenvalue weighted by Gasteiger charge is 2.16. The van der Waals surface area contributed by atoms with Crippen LogP contribution in [-0.4, -0.2) is 24.5 Å². The van der Waals surface area contributed by atoms with E-state index < -0.39 is 11.9 Å². The summed E-state index contributed by atoms with van der Waals surface area (Å²) in [6.07, 6.45) is 4.03. The summed E-state index contributed by atoms with van der Waals surface area (Å²) in [4.78, 5) is 23.4. The average Bonchev–Trinajstić information content (AvgIpc) is 2.62. The highest BCUT2D eigenvalue weighted by molar-refractivity contribution is 5.87. The maximum atomic E-state index is 11.9. The topological polar surface area (TPSA) is 81.4 Å². The van der Waals surface area contributed by atoms with E-state index in [2.05, 4.69) is 5.32 Å². The van der Waals surface area contributed by atoms with Gasteiger partial charge in [-0.2, -0.15) is 0 Å². The van der Waals surface area contributed by atoms with Crippen molar-refractivity contribution in [3.63, 3.8) is 0 Å². The van der Waals surface area contributed by atoms with Gasteiger partial charge in [-0.3, -0.25) is 9.59 Å². The number of carbonyl (C=O) groups is 2. The van der Waals surface area contributed by atoms with Crippen LogP contribution >= 0.6 is 0 Å². The van der Waals surface area contributed by atoms with Gasteiger partial charge >= 0.3 is 0 Å². The van der Waals surface area contributed by atoms with Crippen molar-refractivity contribution in [1.82, 2.24) is 5.32 Å². The first-order valence-corrected chi connectivity index (χ1v) is 8.07. The monoisotopic (exact) mass is 338 g/mol. The van der Waals surface area contributed by atoms with Gasteiger partial charge in [0.05, 0.1) is 6.61 Å². The third-order valence-corrected chi connectivity index (χ3v) is 3.51. The molecule has 0 saturated carbocycles. The Morgan fingerprint density at radius 2 is 1.68 bits per heavy atom. The van der Waals surface area contributed by atoms with Crippen LogP contribution in [-0.2, 0) is 20.9 Å². The lowest BCUT2D eigenvalue weighted by molar-refractivity contribution is -0.130. The number of hydrogen-bond donors (Lipinski definition) is 2. The zero-order valence-electron chi connectivity index (χ0n) is 13.9. The van der Waals surface area contributed by atoms with Crippen LogP contribution in [0.2, 0.25) is 0 Å². The van der Waals surface area contributed by atoms with Gasteiger partial charge in [0.2, 0.25) is 11.8 Å². The van der Waals surface area contributed by atoms with Gasteiger partial charge in [-0.1, -0.05) is 72.8 Å². The van der Waals surface area contributed by atoms with Crippen molar-refractivity contribution in [3.05, 3.63) is 77.9 Å². The number of amides is 2. The van der Waals surface area contributed by atoms with Crippen LogP contribution < -0.4 is 11.1 Å². The number of hydrogen-bond acceptors (Lipinski definition) is 3. The highest BCUT2D eigenvalue weighted by Crippen LogP contribution is 2.04. The van der Waals surface area contributed by atoms with Gasteiger partial charge in [0.25, 0.3) is 0 Å². The molecule has 3 N–H and O–H groups in total. The molecule has 0 aliphatic rings. The molecule has 25 heavy (non-hydrogen) atoms. The second-order valence-electron chi connectivity index (χ2n) is 5.55. The molecule has 0 unspecified atom stereocenters. The molecule has 2 amide bonds. The minimum Gasteiger partial charge on any atom is -0.368 e. The third kappa shape index (κ3) is 7.01. The van der Waals surface area contributed by atoms with Crippen LogP contribution in [0.4, 0.5) is 0 Å². The van der Waals surface area contributed by atoms with E-state index >= 15 is 0 Å². The molecule has 2 aromatic carbocycles. The minimum absolute atomic E-state index is 0.124. The molecule has 130 valence electrons. The molecule has 0 spiro atoms. The summed E-state index contributed by atoms with van der Waals surface area (Å²) < 4.78 is 5.35. The third-order valence-electron chi connectivity index (χ3n) is 3.51. The van der Waals surface area contributed by atoms with Crippen LogP contribution in [0.15, 0.2) is 66.7 Å². The molecule has 0 heterocycles. The van der Waals surface area contributed by atoms with Crippen LogP contribution in [0, 0.1) is 0 Å². The molecule has 0 aliphatic heterocycles. The van der Waals surface area contributed by atoms with Gasteiger partial charge in [0.1, 0.15) is 12.6 Å². The Kier molecular flexibility index (Phi) is 7.41. The molecular formula is C20H22N2O3. The summed E-state index contributed by atoms with van der Waals surface area (Å²) in [6, 6.07) is 18.5. The van der Waals surface area contributed by atoms with Crippen LogP contribution in [0.25, 0.3) is 6.08 Å². The number of carbonyl (C=O) groups excluding carboxylic acids is 2. The molecule has 5 nitrogen and oxygen atoms in total. The van der Waals surface area contributed by atoms with Crippen molar-refractivity contribution < 1.29 is 14.3 Å². The van der Waals surface area contributed by atoms with Crippen molar-refractivity contribution >= 4 is 17.9 Å². The first-order chi connectivity index (χ1) is 12.1. The largest absolute Gasteiger partial charge is 0.368 e. The van der Waals surface area contributed by atoms with Gasteiger partial charge < -0.3 is 15.8 Å². The standard InChI is InChI=1S/C20H22N2O3/c21-20(24)18(13-7-12-16-8-3-1-4-9-16)22-19(23)15-25-14-17-10-5-2-6-11-17/h1-12,18H,13-15H2,(H2,21,24)(H,22,23)/b12-7+/t18-/m1/s1. The van der Waals surface area contributed by atoms with Crippen LogP contribution in [0.5, 0.6) is 0 Å². The Bertz CT molecular complexity index is 699. The molecular weight excluding hydrogens is 316 g/mol. The lowest BCUT2D eigenvalue weighted by Gasteiger charge is -2.13. The maximum Gasteiger partial charge on any atom is 0.246 e. The zero-order valence-corrected chi connectivity index (χ0v) is 13.9. The minimum atomic E-state index is -0.757. The van der Waals surface area contributed by atoms with Crippen LogP contribution in [0.1, 0.15) is 17.5 Å². The van der Waals surface area contributed by atoms with Gasteiger partial charge in [-0.05, 0) is 17.5 Å². The Hall–Kier alpha value is -2.92. The smallest absolute Gasteiger partial charge is 0.246 e. The molecule has 2 aromatic rings. The van der Waals surface area contributed by atoms with E-state index in [1.165, 1.54) is 0 Å². The summed E-state index contributed by atoms with van der Waals surface area (Å²) in [5, 5.41) is 2.60. The van der Waals surface area contributed by atoms with Gasteiger partial charge in [-0.15, -0.1) is 0 Å². The first-order valence-electron chi connectivity index (χ1n) is 8.07. The fourth-order valence-electron chi connectivity index (χ4n) is 2.22. The Morgan fingerprint density at radius 1 is 1.04 bits per heavy atom. The SMILES string of the molecule is NC(=O)[C@@H](C/C=C/c1ccccc1)NC(=O)COCc1ccccc1. The van der Waals surface area contributed by atoms with Crippen molar-refractivity contribution in [3.8, 4) is 0 Å². The van der Waals surface area contributed by atoms with E-state index in [0.29, 0.717) is 13.0 Å². The summed E-state index contributed by atoms with van der Waals surface area (Å²) in [7, 11) is 0. The molecule has 0 saturated heterocycles. The van der Waals surface area contributed by atoms with Crippen LogP contribution in [0.3, 0.4) is 0 Å². The van der Waals surface area contributed by atoms with Crippen molar-refractivity contribution in [2.45, 2.75) is 19.1 Å². The molecule has 0 aliphatic carbocycles. The van der Waals surface area contributed by atoms with E-state index in [1.807, 2.05) is 72.8 Å². The quantitative estimate of drug-likeness (QED) is 0.736. The number of nitrogens with two attached hydrogens (primary N) is 1. The second kappa shape index (κ2) is 10.1. The molecule has 1 atom stereocenters. The molecule has 5 heteroatoms. The van der Waals surface area contributed by atoms with Crippen molar-refractivity contribution in [1.29, 1.82) is 0 Å². The molecule has 0 radical (unpaired) electrons. The maximum absolute atomic E-state index is 11.9. The second-order valence-corrected chi connectivity index (χ2v) is 5.55. The molecule has 0 fully saturated rings. The lowest BCUT2D eigenvalue weighted by atomic mass is 10.1. The predicted molar refractivity (Wildman–Crippen MR) is 97.3 cm³/mol. The van der Waals surface area contributed by atoms with E-state index in [1.54, 1.807) is 0 Å². The van der Waals surface area contributed by atoms with E-state index in [4.69, 9.17) is 10.5 Å². The lowest BCUT2D eigenvalue weighted by Crippen LogP contribution is -2.45. The van der Waals surface area contributed by atoms with Gasteiger partial charge in [-0.25, -0.2) is 0 Å². The van der Waals surface area contributed by atoms with E-state index in [-0.39, 0.29) is 12.5 Å². The summed E-state index contributed by atoms with van der Waals surface area (Å²) in [6.45, 7) is 0.213. The Labute approximate surface area is 147 Å². The molecule has 0 bridgehead atoms. The summed E-state index contributed by atoms with van der Waals surface area (Å²) >= 11 is 0. The first kappa shape index (κ1) is 18.4. The highest BCUT2D eigenvalue weighted by atomic mass is 16.5. The number of rotatable bonds is 9. The summed E-state index contributed by atoms with van der Waals surface area (Å²) in [5.74, 6) is -0.943. The van der Waals surface area contributed by atoms with Gasteiger partial charge in [0, 0.05) is 0 Å². The Morgan fingerprint density at radius 3 is 2.32 bits per heavy atom. The number of primary amides is 1. The fourth-order valence-corrected chi connectivity index (χ4v) is 2.22. The number of benzene rings is 2. The Balaban J connectivity index is 1.77. The number of ether oxygens (including phenoxy) is 1. The number of nitrogens with one attached hydrogen (secondary N) is 1. The van der Waals surface area contributed by atoms with E-state index in [0.717, 1.165) is 11.1 Å². The predicted octanol–water partition coefficient (Wildman–Crippen LogP) is 2.28. The molecule has 2 rings (SSSR count). The van der Waals surface area contributed by atoms with Crippen molar-refractivity contribution in [2.24, 2.45) is 5.73 Å².